The number of amides is 1. The molecular formula is C16H24N2O4S. The van der Waals surface area contributed by atoms with Gasteiger partial charge in [-0.15, -0.1) is 0 Å². The molecule has 0 spiro atoms. The summed E-state index contributed by atoms with van der Waals surface area (Å²) in [7, 11) is -1.61. The average Bonchev–Trinajstić information content (AvgIpc) is 2.94. The average molecular weight is 340 g/mol. The standard InChI is InChI=1S/C16H24N2O4S/c1-22-15-8-4-3-6-13(15)12-14-7-5-11-18(14)16(19)9-10-17-23(2,20)21/h3-4,6,8,14,17H,5,7,9-12H2,1-2H3. The third-order valence-electron chi connectivity index (χ3n) is 4.05. The van der Waals surface area contributed by atoms with E-state index in [0.717, 1.165) is 43.4 Å². The van der Waals surface area contributed by atoms with Crippen LogP contribution in [0.5, 0.6) is 5.75 Å². The lowest BCUT2D eigenvalue weighted by atomic mass is 10.0. The Balaban J connectivity index is 1.95. The maximum Gasteiger partial charge on any atom is 0.224 e. The predicted molar refractivity (Wildman–Crippen MR) is 88.9 cm³/mol. The van der Waals surface area contributed by atoms with E-state index in [1.165, 1.54) is 0 Å². The van der Waals surface area contributed by atoms with Gasteiger partial charge in [0.1, 0.15) is 5.75 Å². The molecule has 0 saturated carbocycles. The van der Waals surface area contributed by atoms with Crippen LogP contribution in [-0.2, 0) is 21.2 Å². The lowest BCUT2D eigenvalue weighted by Crippen LogP contribution is -2.38. The number of sulfonamides is 1. The second-order valence-corrected chi connectivity index (χ2v) is 7.65. The Morgan fingerprint density at radius 2 is 2.13 bits per heavy atom. The number of carbonyl (C=O) groups excluding carboxylic acids is 1. The van der Waals surface area contributed by atoms with Crippen molar-refractivity contribution in [2.45, 2.75) is 31.7 Å². The first kappa shape index (κ1) is 17.7. The number of rotatable bonds is 7. The molecule has 7 heteroatoms. The zero-order valence-electron chi connectivity index (χ0n) is 13.6. The van der Waals surface area contributed by atoms with Crippen LogP contribution in [0.15, 0.2) is 24.3 Å². The highest BCUT2D eigenvalue weighted by Crippen LogP contribution is 2.26. The molecule has 128 valence electrons. The number of para-hydroxylation sites is 1. The molecular weight excluding hydrogens is 316 g/mol. The van der Waals surface area contributed by atoms with Crippen LogP contribution in [0.3, 0.4) is 0 Å². The number of nitrogens with one attached hydrogen (secondary N) is 1. The van der Waals surface area contributed by atoms with Gasteiger partial charge < -0.3 is 9.64 Å². The van der Waals surface area contributed by atoms with Gasteiger partial charge in [-0.25, -0.2) is 13.1 Å². The van der Waals surface area contributed by atoms with Gasteiger partial charge in [-0.3, -0.25) is 4.79 Å². The van der Waals surface area contributed by atoms with Crippen LogP contribution in [0.2, 0.25) is 0 Å². The van der Waals surface area contributed by atoms with Gasteiger partial charge >= 0.3 is 0 Å². The van der Waals surface area contributed by atoms with Crippen molar-refractivity contribution in [2.75, 3.05) is 26.5 Å². The second kappa shape index (κ2) is 7.79. The Morgan fingerprint density at radius 3 is 2.83 bits per heavy atom. The highest BCUT2D eigenvalue weighted by atomic mass is 32.2. The molecule has 1 atom stereocenters. The van der Waals surface area contributed by atoms with Gasteiger partial charge in [0, 0.05) is 25.6 Å². The van der Waals surface area contributed by atoms with E-state index in [2.05, 4.69) is 4.72 Å². The lowest BCUT2D eigenvalue weighted by Gasteiger charge is -2.25. The van der Waals surface area contributed by atoms with E-state index in [1.54, 1.807) is 7.11 Å². The largest absolute Gasteiger partial charge is 0.496 e. The van der Waals surface area contributed by atoms with Crippen molar-refractivity contribution in [3.8, 4) is 5.75 Å². The molecule has 1 aliphatic heterocycles. The zero-order chi connectivity index (χ0) is 16.9. The third-order valence-corrected chi connectivity index (χ3v) is 4.78. The summed E-state index contributed by atoms with van der Waals surface area (Å²) in [6.45, 7) is 0.882. The van der Waals surface area contributed by atoms with E-state index in [9.17, 15) is 13.2 Å². The Morgan fingerprint density at radius 1 is 1.39 bits per heavy atom. The number of hydrogen-bond acceptors (Lipinski definition) is 4. The van der Waals surface area contributed by atoms with Gasteiger partial charge in [0.05, 0.1) is 13.4 Å². The van der Waals surface area contributed by atoms with Crippen molar-refractivity contribution in [1.82, 2.24) is 9.62 Å². The molecule has 1 amide bonds. The van der Waals surface area contributed by atoms with Gasteiger partial charge in [0.25, 0.3) is 0 Å². The van der Waals surface area contributed by atoms with Crippen molar-refractivity contribution in [3.63, 3.8) is 0 Å². The fourth-order valence-corrected chi connectivity index (χ4v) is 3.46. The molecule has 1 saturated heterocycles. The number of carbonyl (C=O) groups is 1. The Kier molecular flexibility index (Phi) is 6.01. The minimum atomic E-state index is -3.25. The molecule has 2 rings (SSSR count). The summed E-state index contributed by atoms with van der Waals surface area (Å²) in [4.78, 5) is 14.2. The van der Waals surface area contributed by atoms with E-state index >= 15 is 0 Å². The maximum absolute atomic E-state index is 12.3. The topological polar surface area (TPSA) is 75.7 Å². The predicted octanol–water partition coefficient (Wildman–Crippen LogP) is 1.17. The monoisotopic (exact) mass is 340 g/mol. The fourth-order valence-electron chi connectivity index (χ4n) is 2.99. The Labute approximate surface area is 137 Å². The normalized spacial score (nSPS) is 18.2. The van der Waals surface area contributed by atoms with Gasteiger partial charge in [-0.05, 0) is 30.9 Å². The summed E-state index contributed by atoms with van der Waals surface area (Å²) in [5.41, 5.74) is 1.09. The molecule has 23 heavy (non-hydrogen) atoms. The molecule has 1 fully saturated rings. The molecule has 0 aliphatic carbocycles. The number of ether oxygens (including phenoxy) is 1. The van der Waals surface area contributed by atoms with Gasteiger partial charge in [0.2, 0.25) is 15.9 Å². The summed E-state index contributed by atoms with van der Waals surface area (Å²) in [6.07, 6.45) is 3.98. The summed E-state index contributed by atoms with van der Waals surface area (Å²) < 4.78 is 29.9. The van der Waals surface area contributed by atoms with Crippen LogP contribution >= 0.6 is 0 Å². The smallest absolute Gasteiger partial charge is 0.224 e. The molecule has 0 aromatic heterocycles. The van der Waals surface area contributed by atoms with E-state index in [1.807, 2.05) is 29.2 Å². The van der Waals surface area contributed by atoms with Crippen LogP contribution < -0.4 is 9.46 Å². The molecule has 1 heterocycles. The van der Waals surface area contributed by atoms with Crippen molar-refractivity contribution in [1.29, 1.82) is 0 Å². The molecule has 1 aromatic rings. The van der Waals surface area contributed by atoms with E-state index in [0.29, 0.717) is 0 Å². The molecule has 1 N–H and O–H groups in total. The highest BCUT2D eigenvalue weighted by Gasteiger charge is 2.29. The Bertz CT molecular complexity index is 645. The second-order valence-electron chi connectivity index (χ2n) is 5.82. The minimum Gasteiger partial charge on any atom is -0.496 e. The lowest BCUT2D eigenvalue weighted by molar-refractivity contribution is -0.131. The van der Waals surface area contributed by atoms with E-state index in [-0.39, 0.29) is 24.9 Å². The van der Waals surface area contributed by atoms with Crippen LogP contribution in [-0.4, -0.2) is 51.7 Å². The van der Waals surface area contributed by atoms with Crippen molar-refractivity contribution < 1.29 is 17.9 Å². The van der Waals surface area contributed by atoms with Gasteiger partial charge in [0.15, 0.2) is 0 Å². The molecule has 0 radical (unpaired) electrons. The highest BCUT2D eigenvalue weighted by molar-refractivity contribution is 7.88. The Hall–Kier alpha value is -1.60. The van der Waals surface area contributed by atoms with E-state index < -0.39 is 10.0 Å². The number of hydrogen-bond donors (Lipinski definition) is 1. The molecule has 1 aromatic carbocycles. The van der Waals surface area contributed by atoms with Gasteiger partial charge in [-0.2, -0.15) is 0 Å². The quantitative estimate of drug-likeness (QED) is 0.808. The summed E-state index contributed by atoms with van der Waals surface area (Å²) >= 11 is 0. The number of nitrogens with zero attached hydrogens (tertiary/aromatic N) is 1. The molecule has 0 bridgehead atoms. The van der Waals surface area contributed by atoms with Crippen molar-refractivity contribution >= 4 is 15.9 Å². The fraction of sp³-hybridized carbons (Fsp3) is 0.562. The first-order valence-electron chi connectivity index (χ1n) is 7.76. The third kappa shape index (κ3) is 5.21. The van der Waals surface area contributed by atoms with Crippen LogP contribution in [0.1, 0.15) is 24.8 Å². The number of benzene rings is 1. The van der Waals surface area contributed by atoms with Crippen LogP contribution in [0.4, 0.5) is 0 Å². The maximum atomic E-state index is 12.3. The van der Waals surface area contributed by atoms with Crippen molar-refractivity contribution in [3.05, 3.63) is 29.8 Å². The molecule has 1 unspecified atom stereocenters. The SMILES string of the molecule is COc1ccccc1CC1CCCN1C(=O)CCNS(C)(=O)=O. The number of methoxy groups -OCH3 is 1. The first-order valence-corrected chi connectivity index (χ1v) is 9.66. The van der Waals surface area contributed by atoms with E-state index in [4.69, 9.17) is 4.74 Å². The van der Waals surface area contributed by atoms with Crippen LogP contribution in [0, 0.1) is 0 Å². The summed E-state index contributed by atoms with van der Waals surface area (Å²) in [5, 5.41) is 0. The molecule has 1 aliphatic rings. The van der Waals surface area contributed by atoms with Crippen molar-refractivity contribution in [2.24, 2.45) is 0 Å². The minimum absolute atomic E-state index is 0.00134. The molecule has 6 nitrogen and oxygen atoms in total. The summed E-state index contributed by atoms with van der Waals surface area (Å²) in [6, 6.07) is 7.99. The number of likely N-dealkylation sites (tertiary alicyclic amines) is 1. The van der Waals surface area contributed by atoms with Gasteiger partial charge in [-0.1, -0.05) is 18.2 Å². The summed E-state index contributed by atoms with van der Waals surface area (Å²) in [5.74, 6) is 0.837. The zero-order valence-corrected chi connectivity index (χ0v) is 14.4. The first-order chi connectivity index (χ1) is 10.9. The van der Waals surface area contributed by atoms with Crippen LogP contribution in [0.25, 0.3) is 0 Å².